The van der Waals surface area contributed by atoms with Crippen LogP contribution in [0.15, 0.2) is 96.0 Å². The summed E-state index contributed by atoms with van der Waals surface area (Å²) in [5, 5.41) is 6.37. The highest BCUT2D eigenvalue weighted by Crippen LogP contribution is 2.37. The molecule has 6 rings (SSSR count). The van der Waals surface area contributed by atoms with Crippen molar-refractivity contribution in [3.8, 4) is 5.75 Å². The van der Waals surface area contributed by atoms with E-state index in [1.54, 1.807) is 73.9 Å². The third kappa shape index (κ3) is 11.8. The van der Waals surface area contributed by atoms with E-state index in [1.165, 1.54) is 23.1 Å². The molecule has 1 unspecified atom stereocenters. The molecule has 1 aromatic heterocycles. The molecule has 3 amide bonds. The van der Waals surface area contributed by atoms with Crippen LogP contribution in [-0.4, -0.2) is 73.5 Å². The molecule has 1 aliphatic rings. The fourth-order valence-corrected chi connectivity index (χ4v) is 8.89. The number of ether oxygens (including phenoxy) is 3. The summed E-state index contributed by atoms with van der Waals surface area (Å²) < 4.78 is 59.1. The number of pyridine rings is 1. The van der Waals surface area contributed by atoms with E-state index >= 15 is 4.39 Å². The molecule has 0 spiro atoms. The summed E-state index contributed by atoms with van der Waals surface area (Å²) in [6.45, 7) is 11.1. The van der Waals surface area contributed by atoms with Gasteiger partial charge in [-0.15, -0.1) is 0 Å². The number of carbonyl (C=O) groups excluding carboxylic acids is 3. The summed E-state index contributed by atoms with van der Waals surface area (Å²) in [5.74, 6) is -0.611. The van der Waals surface area contributed by atoms with Crippen molar-refractivity contribution in [2.45, 2.75) is 101 Å². The Bertz CT molecular complexity index is 2600. The van der Waals surface area contributed by atoms with E-state index in [-0.39, 0.29) is 28.0 Å². The van der Waals surface area contributed by atoms with Gasteiger partial charge in [0.15, 0.2) is 15.7 Å². The van der Waals surface area contributed by atoms with E-state index in [4.69, 9.17) is 19.9 Å². The standard InChI is InChI=1S/C48H57FN6O8S/c1-47(2,3)62-45(57)55(46(58)63-48(4,5)6)43-38-20-15-35(26-39(38)40(49)28-52-43)53-42(32-11-9-10-30(24-32)22-23-51-27-31-12-16-36(61-8)17-13-31)44(56)54(7)29-33-25-34(50)14-21-41(33)64(59,60)37-18-19-37/h9-17,20-21,24-26,28,37,42,51,53H,18-19,22-23,27,29,50H2,1-8H3. The van der Waals surface area contributed by atoms with Gasteiger partial charge < -0.3 is 35.5 Å². The van der Waals surface area contributed by atoms with Crippen molar-refractivity contribution < 1.29 is 41.4 Å². The van der Waals surface area contributed by atoms with Crippen molar-refractivity contribution >= 4 is 55.9 Å². The zero-order chi connectivity index (χ0) is 46.6. The first-order valence-electron chi connectivity index (χ1n) is 21.0. The Morgan fingerprint density at radius 2 is 1.55 bits per heavy atom. The van der Waals surface area contributed by atoms with E-state index in [0.717, 1.165) is 23.1 Å². The van der Waals surface area contributed by atoms with E-state index < -0.39 is 56.2 Å². The highest BCUT2D eigenvalue weighted by atomic mass is 32.2. The van der Waals surface area contributed by atoms with Crippen LogP contribution in [0.3, 0.4) is 0 Å². The van der Waals surface area contributed by atoms with Gasteiger partial charge in [0.05, 0.1) is 23.5 Å². The topological polar surface area (TPSA) is 182 Å². The highest BCUT2D eigenvalue weighted by molar-refractivity contribution is 7.92. The minimum Gasteiger partial charge on any atom is -0.497 e. The molecule has 1 atom stereocenters. The molecule has 1 heterocycles. The molecule has 4 N–H and O–H groups in total. The van der Waals surface area contributed by atoms with Gasteiger partial charge in [0.2, 0.25) is 5.91 Å². The highest BCUT2D eigenvalue weighted by Gasteiger charge is 2.39. The Hall–Kier alpha value is -6.26. The number of hydrogen-bond donors (Lipinski definition) is 3. The van der Waals surface area contributed by atoms with Gasteiger partial charge in [0.1, 0.15) is 28.8 Å². The maximum Gasteiger partial charge on any atom is 0.425 e. The number of nitrogen functional groups attached to an aromatic ring is 1. The number of amides is 3. The summed E-state index contributed by atoms with van der Waals surface area (Å²) in [4.78, 5) is 48.2. The zero-order valence-electron chi connectivity index (χ0n) is 37.5. The van der Waals surface area contributed by atoms with Crippen molar-refractivity contribution in [2.75, 3.05) is 36.7 Å². The maximum absolute atomic E-state index is 15.8. The number of fused-ring (bicyclic) bond motifs is 1. The summed E-state index contributed by atoms with van der Waals surface area (Å²) in [7, 11) is -0.422. The van der Waals surface area contributed by atoms with Crippen LogP contribution in [0.2, 0.25) is 0 Å². The van der Waals surface area contributed by atoms with Crippen LogP contribution >= 0.6 is 0 Å². The Balaban J connectivity index is 1.34. The number of nitrogens with zero attached hydrogens (tertiary/aromatic N) is 3. The molecule has 340 valence electrons. The lowest BCUT2D eigenvalue weighted by Gasteiger charge is -2.29. The molecule has 0 aliphatic heterocycles. The molecular formula is C48H57FN6O8S. The number of anilines is 3. The molecule has 1 saturated carbocycles. The second-order valence-electron chi connectivity index (χ2n) is 17.9. The molecule has 4 aromatic carbocycles. The first-order valence-corrected chi connectivity index (χ1v) is 22.6. The number of carbonyl (C=O) groups is 3. The van der Waals surface area contributed by atoms with Gasteiger partial charge in [0.25, 0.3) is 0 Å². The minimum atomic E-state index is -3.63. The van der Waals surface area contributed by atoms with E-state index in [0.29, 0.717) is 59.8 Å². The molecule has 1 fully saturated rings. The average molecular weight is 897 g/mol. The van der Waals surface area contributed by atoms with Crippen molar-refractivity contribution in [1.29, 1.82) is 0 Å². The first kappa shape index (κ1) is 47.2. The van der Waals surface area contributed by atoms with Gasteiger partial charge in [-0.05, 0) is 138 Å². The maximum atomic E-state index is 15.8. The van der Waals surface area contributed by atoms with Gasteiger partial charge >= 0.3 is 12.2 Å². The van der Waals surface area contributed by atoms with Gasteiger partial charge in [0, 0.05) is 42.3 Å². The zero-order valence-corrected chi connectivity index (χ0v) is 38.3. The Kier molecular flexibility index (Phi) is 14.2. The predicted molar refractivity (Wildman–Crippen MR) is 245 cm³/mol. The number of methoxy groups -OCH3 is 1. The number of nitrogens with one attached hydrogen (secondary N) is 2. The minimum absolute atomic E-state index is 0.0157. The van der Waals surface area contributed by atoms with Crippen molar-refractivity contribution in [2.24, 2.45) is 0 Å². The van der Waals surface area contributed by atoms with Crippen molar-refractivity contribution in [1.82, 2.24) is 15.2 Å². The predicted octanol–water partition coefficient (Wildman–Crippen LogP) is 8.72. The monoisotopic (exact) mass is 896 g/mol. The lowest BCUT2D eigenvalue weighted by molar-refractivity contribution is -0.131. The molecule has 1 aliphatic carbocycles. The molecule has 14 nitrogen and oxygen atoms in total. The van der Waals surface area contributed by atoms with Crippen LogP contribution in [0.5, 0.6) is 5.75 Å². The van der Waals surface area contributed by atoms with E-state index in [9.17, 15) is 22.8 Å². The number of rotatable bonds is 15. The van der Waals surface area contributed by atoms with Crippen LogP contribution < -0.4 is 26.0 Å². The summed E-state index contributed by atoms with van der Waals surface area (Å²) in [5.41, 5.74) is 7.86. The van der Waals surface area contributed by atoms with Crippen molar-refractivity contribution in [3.05, 3.63) is 119 Å². The van der Waals surface area contributed by atoms with Crippen LogP contribution in [0, 0.1) is 5.82 Å². The van der Waals surface area contributed by atoms with Crippen LogP contribution in [0.1, 0.15) is 82.7 Å². The second-order valence-corrected chi connectivity index (χ2v) is 20.1. The van der Waals surface area contributed by atoms with Crippen LogP contribution in [-0.2, 0) is 43.6 Å². The quantitative estimate of drug-likeness (QED) is 0.0673. The number of likely N-dealkylation sites (N-methyl/N-ethyl adjacent to an activating group) is 1. The smallest absolute Gasteiger partial charge is 0.425 e. The summed E-state index contributed by atoms with van der Waals surface area (Å²) in [6.07, 6.45) is 0.540. The van der Waals surface area contributed by atoms with Gasteiger partial charge in [-0.3, -0.25) is 4.79 Å². The molecular weight excluding hydrogens is 840 g/mol. The fraction of sp³-hybridized carbons (Fsp3) is 0.375. The molecule has 5 aromatic rings. The van der Waals surface area contributed by atoms with Gasteiger partial charge in [-0.2, -0.15) is 4.90 Å². The van der Waals surface area contributed by atoms with E-state index in [2.05, 4.69) is 15.6 Å². The fourth-order valence-electron chi connectivity index (χ4n) is 7.03. The molecule has 16 heteroatoms. The van der Waals surface area contributed by atoms with Crippen molar-refractivity contribution in [3.63, 3.8) is 0 Å². The number of halogens is 1. The van der Waals surface area contributed by atoms with Gasteiger partial charge in [-0.1, -0.05) is 36.4 Å². The Morgan fingerprint density at radius 1 is 0.875 bits per heavy atom. The molecule has 0 radical (unpaired) electrons. The Labute approximate surface area is 374 Å². The molecule has 64 heavy (non-hydrogen) atoms. The second kappa shape index (κ2) is 19.2. The number of aromatic nitrogens is 1. The lowest BCUT2D eigenvalue weighted by atomic mass is 10.00. The summed E-state index contributed by atoms with van der Waals surface area (Å²) >= 11 is 0. The number of nitrogens with two attached hydrogens (primary N) is 1. The van der Waals surface area contributed by atoms with E-state index in [1.807, 2.05) is 48.5 Å². The van der Waals surface area contributed by atoms with Crippen LogP contribution in [0.4, 0.5) is 31.2 Å². The number of sulfone groups is 1. The SMILES string of the molecule is COc1ccc(CNCCc2cccc(C(Nc3ccc4c(N(C(=O)OC(C)(C)C)C(=O)OC(C)(C)C)ncc(F)c4c3)C(=O)N(C)Cc3cc(N)ccc3S(=O)(=O)C3CC3)c2)cc1. The lowest BCUT2D eigenvalue weighted by Crippen LogP contribution is -2.44. The van der Waals surface area contributed by atoms with Crippen LogP contribution in [0.25, 0.3) is 10.8 Å². The Morgan fingerprint density at radius 3 is 2.17 bits per heavy atom. The number of benzene rings is 4. The number of imide groups is 1. The largest absolute Gasteiger partial charge is 0.497 e. The third-order valence-electron chi connectivity index (χ3n) is 10.2. The molecule has 0 saturated heterocycles. The number of hydrogen-bond acceptors (Lipinski definition) is 12. The third-order valence-corrected chi connectivity index (χ3v) is 12.6. The molecule has 0 bridgehead atoms. The summed E-state index contributed by atoms with van der Waals surface area (Å²) in [6, 6.07) is 23.5. The van der Waals surface area contributed by atoms with Gasteiger partial charge in [-0.25, -0.2) is 27.4 Å². The first-order chi connectivity index (χ1) is 30.1. The average Bonchev–Trinajstić information content (AvgIpc) is 4.08. The normalized spacial score (nSPS) is 13.5.